The summed E-state index contributed by atoms with van der Waals surface area (Å²) in [6, 6.07) is 8.89. The van der Waals surface area contributed by atoms with Crippen molar-refractivity contribution < 1.29 is 4.42 Å². The molecule has 0 fully saturated rings. The first-order valence-corrected chi connectivity index (χ1v) is 10.8. The van der Waals surface area contributed by atoms with Crippen molar-refractivity contribution in [3.8, 4) is 11.3 Å². The molecule has 29 heavy (non-hydrogen) atoms. The summed E-state index contributed by atoms with van der Waals surface area (Å²) < 4.78 is 7.07. The highest BCUT2D eigenvalue weighted by molar-refractivity contribution is 7.18. The quantitative estimate of drug-likeness (QED) is 0.376. The minimum Gasteiger partial charge on any atom is -0.455 e. The molecule has 0 radical (unpaired) electrons. The lowest BCUT2D eigenvalue weighted by Crippen LogP contribution is -2.17. The van der Waals surface area contributed by atoms with E-state index in [0.717, 1.165) is 35.2 Å². The Morgan fingerprint density at radius 2 is 2.00 bits per heavy atom. The zero-order valence-electron chi connectivity index (χ0n) is 15.2. The molecule has 0 aliphatic heterocycles. The van der Waals surface area contributed by atoms with Crippen LogP contribution in [0.5, 0.6) is 0 Å². The Labute approximate surface area is 180 Å². The Balaban J connectivity index is 1.47. The van der Waals surface area contributed by atoms with E-state index in [1.165, 1.54) is 28.5 Å². The SMILES string of the molecule is O=c1c2c3c(sc2ncn1/N=C\c1ccc(-c2ccc(Cl)c(Cl)c2)o1)CCCC3. The topological polar surface area (TPSA) is 60.4 Å². The van der Waals surface area contributed by atoms with Crippen molar-refractivity contribution in [2.45, 2.75) is 25.7 Å². The van der Waals surface area contributed by atoms with E-state index >= 15 is 0 Å². The Hall–Kier alpha value is -2.41. The molecule has 146 valence electrons. The van der Waals surface area contributed by atoms with Crippen LogP contribution in [-0.4, -0.2) is 15.9 Å². The summed E-state index contributed by atoms with van der Waals surface area (Å²) >= 11 is 13.7. The number of benzene rings is 1. The largest absolute Gasteiger partial charge is 0.455 e. The highest BCUT2D eigenvalue weighted by Gasteiger charge is 2.19. The number of aromatic nitrogens is 2. The van der Waals surface area contributed by atoms with Crippen LogP contribution in [-0.2, 0) is 12.8 Å². The number of fused-ring (bicyclic) bond motifs is 3. The minimum atomic E-state index is -0.137. The third-order valence-electron chi connectivity index (χ3n) is 5.00. The molecular formula is C21H15Cl2N3O2S. The summed E-state index contributed by atoms with van der Waals surface area (Å²) in [5.41, 5.74) is 1.82. The molecule has 1 aromatic carbocycles. The van der Waals surface area contributed by atoms with Crippen molar-refractivity contribution in [3.05, 3.63) is 73.3 Å². The number of thiophene rings is 1. The molecule has 0 saturated carbocycles. The van der Waals surface area contributed by atoms with Crippen LogP contribution < -0.4 is 5.56 Å². The lowest BCUT2D eigenvalue weighted by atomic mass is 9.97. The third kappa shape index (κ3) is 3.41. The number of hydrogen-bond donors (Lipinski definition) is 0. The molecule has 0 N–H and O–H groups in total. The molecule has 0 spiro atoms. The third-order valence-corrected chi connectivity index (χ3v) is 6.94. The number of rotatable bonds is 3. The van der Waals surface area contributed by atoms with Gasteiger partial charge in [0.15, 0.2) is 0 Å². The Morgan fingerprint density at radius 1 is 1.14 bits per heavy atom. The average molecular weight is 444 g/mol. The van der Waals surface area contributed by atoms with Gasteiger partial charge in [-0.2, -0.15) is 9.78 Å². The van der Waals surface area contributed by atoms with Crippen LogP contribution in [0.15, 0.2) is 51.0 Å². The van der Waals surface area contributed by atoms with Crippen LogP contribution in [0.4, 0.5) is 0 Å². The maximum atomic E-state index is 12.9. The number of hydrogen-bond acceptors (Lipinski definition) is 5. The molecule has 0 amide bonds. The standard InChI is InChI=1S/C21H15Cl2N3O2S/c22-15-7-5-12(9-16(15)23)17-8-6-13(28-17)10-25-26-11-24-20-19(21(26)27)14-3-1-2-4-18(14)29-20/h5-11H,1-4H2/b25-10-. The van der Waals surface area contributed by atoms with Crippen molar-refractivity contribution >= 4 is 51.0 Å². The molecular weight excluding hydrogens is 429 g/mol. The molecule has 5 nitrogen and oxygen atoms in total. The molecule has 1 aliphatic carbocycles. The van der Waals surface area contributed by atoms with Gasteiger partial charge in [0.2, 0.25) is 0 Å². The molecule has 5 rings (SSSR count). The highest BCUT2D eigenvalue weighted by atomic mass is 35.5. The second-order valence-electron chi connectivity index (χ2n) is 6.86. The van der Waals surface area contributed by atoms with E-state index in [-0.39, 0.29) is 5.56 Å². The Morgan fingerprint density at radius 3 is 2.86 bits per heavy atom. The Kier molecular flexibility index (Phi) is 4.78. The van der Waals surface area contributed by atoms with Crippen molar-refractivity contribution in [1.82, 2.24) is 9.66 Å². The van der Waals surface area contributed by atoms with Crippen LogP contribution in [0, 0.1) is 0 Å². The molecule has 0 saturated heterocycles. The van der Waals surface area contributed by atoms with E-state index in [0.29, 0.717) is 27.0 Å². The van der Waals surface area contributed by atoms with Gasteiger partial charge in [0, 0.05) is 10.4 Å². The van der Waals surface area contributed by atoms with Gasteiger partial charge < -0.3 is 4.42 Å². The lowest BCUT2D eigenvalue weighted by Gasteiger charge is -2.09. The van der Waals surface area contributed by atoms with Gasteiger partial charge in [0.25, 0.3) is 5.56 Å². The normalized spacial score (nSPS) is 14.0. The first kappa shape index (κ1) is 18.6. The molecule has 4 aromatic rings. The molecule has 1 aliphatic rings. The fraction of sp³-hybridized carbons (Fsp3) is 0.190. The second kappa shape index (κ2) is 7.44. The number of halogens is 2. The fourth-order valence-electron chi connectivity index (χ4n) is 3.57. The molecule has 0 atom stereocenters. The van der Waals surface area contributed by atoms with Gasteiger partial charge in [-0.3, -0.25) is 4.79 Å². The van der Waals surface area contributed by atoms with Crippen molar-refractivity contribution in [2.75, 3.05) is 0 Å². The second-order valence-corrected chi connectivity index (χ2v) is 8.76. The van der Waals surface area contributed by atoms with Crippen LogP contribution in [0.3, 0.4) is 0 Å². The minimum absolute atomic E-state index is 0.137. The maximum absolute atomic E-state index is 12.9. The van der Waals surface area contributed by atoms with Gasteiger partial charge in [-0.1, -0.05) is 23.2 Å². The summed E-state index contributed by atoms with van der Waals surface area (Å²) in [4.78, 5) is 19.5. The monoisotopic (exact) mass is 443 g/mol. The van der Waals surface area contributed by atoms with Gasteiger partial charge in [-0.15, -0.1) is 11.3 Å². The highest BCUT2D eigenvalue weighted by Crippen LogP contribution is 2.33. The van der Waals surface area contributed by atoms with E-state index in [4.69, 9.17) is 27.6 Å². The smallest absolute Gasteiger partial charge is 0.282 e. The van der Waals surface area contributed by atoms with Gasteiger partial charge in [-0.25, -0.2) is 4.98 Å². The van der Waals surface area contributed by atoms with Crippen molar-refractivity contribution in [3.63, 3.8) is 0 Å². The predicted molar refractivity (Wildman–Crippen MR) is 118 cm³/mol. The van der Waals surface area contributed by atoms with Gasteiger partial charge in [0.05, 0.1) is 21.6 Å². The van der Waals surface area contributed by atoms with Gasteiger partial charge in [0.1, 0.15) is 22.7 Å². The van der Waals surface area contributed by atoms with Crippen molar-refractivity contribution in [2.24, 2.45) is 5.10 Å². The van der Waals surface area contributed by atoms with Crippen LogP contribution in [0.2, 0.25) is 10.0 Å². The van der Waals surface area contributed by atoms with E-state index in [9.17, 15) is 4.79 Å². The summed E-state index contributed by atoms with van der Waals surface area (Å²) in [6.07, 6.45) is 7.22. The van der Waals surface area contributed by atoms with E-state index in [1.807, 2.05) is 12.1 Å². The fourth-order valence-corrected chi connectivity index (χ4v) is 5.08. The Bertz CT molecular complexity index is 1320. The zero-order chi connectivity index (χ0) is 20.0. The number of furan rings is 1. The average Bonchev–Trinajstić information content (AvgIpc) is 3.34. The van der Waals surface area contributed by atoms with Gasteiger partial charge in [-0.05, 0) is 61.6 Å². The number of aryl methyl sites for hydroxylation is 2. The first-order chi connectivity index (χ1) is 14.1. The summed E-state index contributed by atoms with van der Waals surface area (Å²) in [6.45, 7) is 0. The van der Waals surface area contributed by atoms with E-state index in [1.54, 1.807) is 29.5 Å². The molecule has 8 heteroatoms. The molecule has 0 unspecified atom stereocenters. The van der Waals surface area contributed by atoms with Gasteiger partial charge >= 0.3 is 0 Å². The van der Waals surface area contributed by atoms with Crippen molar-refractivity contribution in [1.29, 1.82) is 0 Å². The lowest BCUT2D eigenvalue weighted by molar-refractivity contribution is 0.574. The summed E-state index contributed by atoms with van der Waals surface area (Å²) in [7, 11) is 0. The van der Waals surface area contributed by atoms with E-state index < -0.39 is 0 Å². The summed E-state index contributed by atoms with van der Waals surface area (Å²) in [5, 5.41) is 5.93. The molecule has 3 heterocycles. The zero-order valence-corrected chi connectivity index (χ0v) is 17.5. The molecule has 3 aromatic heterocycles. The first-order valence-electron chi connectivity index (χ1n) is 9.21. The maximum Gasteiger partial charge on any atom is 0.282 e. The van der Waals surface area contributed by atoms with Crippen LogP contribution in [0.1, 0.15) is 29.0 Å². The van der Waals surface area contributed by atoms with E-state index in [2.05, 4.69) is 10.1 Å². The summed E-state index contributed by atoms with van der Waals surface area (Å²) in [5.74, 6) is 1.16. The van der Waals surface area contributed by atoms with Crippen LogP contribution >= 0.6 is 34.5 Å². The number of nitrogens with zero attached hydrogens (tertiary/aromatic N) is 3. The van der Waals surface area contributed by atoms with Crippen LogP contribution in [0.25, 0.3) is 21.5 Å². The molecule has 0 bridgehead atoms. The predicted octanol–water partition coefficient (Wildman–Crippen LogP) is 5.79.